The summed E-state index contributed by atoms with van der Waals surface area (Å²) in [6.07, 6.45) is 4.41. The van der Waals surface area contributed by atoms with E-state index in [1.807, 2.05) is 4.90 Å². The van der Waals surface area contributed by atoms with E-state index in [9.17, 15) is 9.59 Å². The summed E-state index contributed by atoms with van der Waals surface area (Å²) in [5, 5.41) is 11.4. The summed E-state index contributed by atoms with van der Waals surface area (Å²) >= 11 is 0. The number of anilines is 1. The van der Waals surface area contributed by atoms with Gasteiger partial charge in [0.1, 0.15) is 5.75 Å². The minimum Gasteiger partial charge on any atom is -0.482 e. The molecular weight excluding hydrogens is 272 g/mol. The molecule has 0 unspecified atom stereocenters. The molecule has 1 aromatic carbocycles. The van der Waals surface area contributed by atoms with Gasteiger partial charge in [-0.05, 0) is 25.0 Å². The van der Waals surface area contributed by atoms with Crippen LogP contribution in [0.5, 0.6) is 5.75 Å². The Morgan fingerprint density at radius 2 is 1.90 bits per heavy atom. The van der Waals surface area contributed by atoms with Gasteiger partial charge in [-0.1, -0.05) is 18.9 Å². The molecule has 1 heterocycles. The Morgan fingerprint density at radius 1 is 1.19 bits per heavy atom. The number of urea groups is 1. The zero-order valence-electron chi connectivity index (χ0n) is 11.9. The van der Waals surface area contributed by atoms with E-state index < -0.39 is 12.6 Å². The maximum absolute atomic E-state index is 12.2. The molecule has 2 N–H and O–H groups in total. The van der Waals surface area contributed by atoms with Crippen LogP contribution in [0.1, 0.15) is 25.7 Å². The second-order valence-corrected chi connectivity index (χ2v) is 5.04. The fourth-order valence-electron chi connectivity index (χ4n) is 2.29. The molecule has 0 atom stereocenters. The maximum atomic E-state index is 12.2. The van der Waals surface area contributed by atoms with E-state index in [1.165, 1.54) is 12.8 Å². The average Bonchev–Trinajstić information content (AvgIpc) is 2.74. The van der Waals surface area contributed by atoms with Crippen molar-refractivity contribution in [2.75, 3.05) is 25.0 Å². The molecule has 0 saturated carbocycles. The van der Waals surface area contributed by atoms with Crippen LogP contribution < -0.4 is 10.1 Å². The molecule has 6 heteroatoms. The number of aliphatic carboxylic acids is 1. The van der Waals surface area contributed by atoms with Crippen LogP contribution in [0.15, 0.2) is 24.3 Å². The molecular formula is C15H20N2O4. The monoisotopic (exact) mass is 292 g/mol. The summed E-state index contributed by atoms with van der Waals surface area (Å²) in [5.74, 6) is -0.611. The number of likely N-dealkylation sites (tertiary alicyclic amines) is 1. The van der Waals surface area contributed by atoms with E-state index in [0.29, 0.717) is 11.4 Å². The minimum absolute atomic E-state index is 0.118. The molecule has 0 spiro atoms. The van der Waals surface area contributed by atoms with Gasteiger partial charge in [-0.15, -0.1) is 0 Å². The predicted octanol–water partition coefficient (Wildman–Crippen LogP) is 2.56. The molecule has 114 valence electrons. The van der Waals surface area contributed by atoms with E-state index in [4.69, 9.17) is 9.84 Å². The third-order valence-electron chi connectivity index (χ3n) is 3.34. The number of carbonyl (C=O) groups is 2. The number of nitrogens with zero attached hydrogens (tertiary/aromatic N) is 1. The standard InChI is InChI=1S/C15H20N2O4/c18-14(19)11-21-13-7-5-6-12(10-13)16-15(20)17-8-3-1-2-4-9-17/h5-7,10H,1-4,8-9,11H2,(H,16,20)(H,18,19). The zero-order chi connectivity index (χ0) is 15.1. The van der Waals surface area contributed by atoms with Crippen molar-refractivity contribution in [3.63, 3.8) is 0 Å². The number of hydrogen-bond acceptors (Lipinski definition) is 3. The molecule has 21 heavy (non-hydrogen) atoms. The summed E-state index contributed by atoms with van der Waals surface area (Å²) in [4.78, 5) is 24.5. The Morgan fingerprint density at radius 3 is 2.57 bits per heavy atom. The first-order valence-corrected chi connectivity index (χ1v) is 7.16. The highest BCUT2D eigenvalue weighted by molar-refractivity contribution is 5.89. The number of hydrogen-bond donors (Lipinski definition) is 2. The number of amides is 2. The highest BCUT2D eigenvalue weighted by atomic mass is 16.5. The van der Waals surface area contributed by atoms with Crippen LogP contribution in [-0.2, 0) is 4.79 Å². The molecule has 1 aliphatic heterocycles. The fraction of sp³-hybridized carbons (Fsp3) is 0.467. The van der Waals surface area contributed by atoms with Gasteiger partial charge in [-0.3, -0.25) is 0 Å². The number of carbonyl (C=O) groups excluding carboxylic acids is 1. The first-order chi connectivity index (χ1) is 10.1. The molecule has 0 aliphatic carbocycles. The van der Waals surface area contributed by atoms with Crippen LogP contribution >= 0.6 is 0 Å². The van der Waals surface area contributed by atoms with Crippen molar-refractivity contribution in [2.24, 2.45) is 0 Å². The van der Waals surface area contributed by atoms with Crippen LogP contribution in [0, 0.1) is 0 Å². The van der Waals surface area contributed by atoms with Gasteiger partial charge in [0.25, 0.3) is 0 Å². The Kier molecular flexibility index (Phi) is 5.43. The van der Waals surface area contributed by atoms with E-state index in [1.54, 1.807) is 24.3 Å². The largest absolute Gasteiger partial charge is 0.482 e. The van der Waals surface area contributed by atoms with E-state index >= 15 is 0 Å². The summed E-state index contributed by atoms with van der Waals surface area (Å²) in [7, 11) is 0. The van der Waals surface area contributed by atoms with Gasteiger partial charge in [-0.2, -0.15) is 0 Å². The second-order valence-electron chi connectivity index (χ2n) is 5.04. The molecule has 0 aromatic heterocycles. The van der Waals surface area contributed by atoms with Gasteiger partial charge < -0.3 is 20.1 Å². The summed E-state index contributed by atoms with van der Waals surface area (Å²) in [5.41, 5.74) is 0.604. The zero-order valence-corrected chi connectivity index (χ0v) is 11.9. The first-order valence-electron chi connectivity index (χ1n) is 7.16. The Bertz CT molecular complexity index is 496. The predicted molar refractivity (Wildman–Crippen MR) is 78.6 cm³/mol. The fourth-order valence-corrected chi connectivity index (χ4v) is 2.29. The molecule has 1 aliphatic rings. The highest BCUT2D eigenvalue weighted by Gasteiger charge is 2.15. The van der Waals surface area contributed by atoms with Gasteiger partial charge in [0.2, 0.25) is 0 Å². The number of nitrogens with one attached hydrogen (secondary N) is 1. The molecule has 1 aromatic rings. The van der Waals surface area contributed by atoms with Crippen molar-refractivity contribution in [2.45, 2.75) is 25.7 Å². The van der Waals surface area contributed by atoms with Gasteiger partial charge in [-0.25, -0.2) is 9.59 Å². The van der Waals surface area contributed by atoms with Crippen LogP contribution in [0.25, 0.3) is 0 Å². The lowest BCUT2D eigenvalue weighted by Gasteiger charge is -2.20. The van der Waals surface area contributed by atoms with Crippen LogP contribution in [0.4, 0.5) is 10.5 Å². The molecule has 1 fully saturated rings. The molecule has 0 bridgehead atoms. The molecule has 2 rings (SSSR count). The SMILES string of the molecule is O=C(O)COc1cccc(NC(=O)N2CCCCCC2)c1. The van der Waals surface area contributed by atoms with Crippen molar-refractivity contribution in [1.29, 1.82) is 0 Å². The lowest BCUT2D eigenvalue weighted by atomic mass is 10.2. The quantitative estimate of drug-likeness (QED) is 0.894. The van der Waals surface area contributed by atoms with Crippen molar-refractivity contribution in [3.05, 3.63) is 24.3 Å². The van der Waals surface area contributed by atoms with Crippen molar-refractivity contribution >= 4 is 17.7 Å². The number of carboxylic acids is 1. The second kappa shape index (κ2) is 7.52. The molecule has 2 amide bonds. The smallest absolute Gasteiger partial charge is 0.341 e. The summed E-state index contributed by atoms with van der Waals surface area (Å²) < 4.78 is 5.09. The van der Waals surface area contributed by atoms with E-state index in [-0.39, 0.29) is 6.03 Å². The Hall–Kier alpha value is -2.24. The number of carboxylic acid groups (broad SMARTS) is 1. The normalized spacial score (nSPS) is 15.1. The lowest BCUT2D eigenvalue weighted by molar-refractivity contribution is -0.139. The maximum Gasteiger partial charge on any atom is 0.341 e. The van der Waals surface area contributed by atoms with Crippen LogP contribution in [-0.4, -0.2) is 41.7 Å². The molecule has 6 nitrogen and oxygen atoms in total. The van der Waals surface area contributed by atoms with Crippen molar-refractivity contribution in [1.82, 2.24) is 4.90 Å². The number of rotatable bonds is 4. The first kappa shape index (κ1) is 15.2. The van der Waals surface area contributed by atoms with Gasteiger partial charge in [0.15, 0.2) is 6.61 Å². The van der Waals surface area contributed by atoms with E-state index in [0.717, 1.165) is 25.9 Å². The highest BCUT2D eigenvalue weighted by Crippen LogP contribution is 2.18. The van der Waals surface area contributed by atoms with Gasteiger partial charge in [0.05, 0.1) is 0 Å². The summed E-state index contributed by atoms with van der Waals surface area (Å²) in [6.45, 7) is 1.16. The Balaban J connectivity index is 1.93. The van der Waals surface area contributed by atoms with Gasteiger partial charge >= 0.3 is 12.0 Å². The molecule has 0 radical (unpaired) electrons. The topological polar surface area (TPSA) is 78.9 Å². The van der Waals surface area contributed by atoms with Crippen molar-refractivity contribution < 1.29 is 19.4 Å². The number of benzene rings is 1. The summed E-state index contributed by atoms with van der Waals surface area (Å²) in [6, 6.07) is 6.63. The lowest BCUT2D eigenvalue weighted by Crippen LogP contribution is -2.35. The third kappa shape index (κ3) is 4.98. The van der Waals surface area contributed by atoms with Crippen LogP contribution in [0.3, 0.4) is 0 Å². The molecule has 1 saturated heterocycles. The third-order valence-corrected chi connectivity index (χ3v) is 3.34. The average molecular weight is 292 g/mol. The Labute approximate surface area is 123 Å². The van der Waals surface area contributed by atoms with E-state index in [2.05, 4.69) is 5.32 Å². The minimum atomic E-state index is -1.03. The van der Waals surface area contributed by atoms with Crippen LogP contribution in [0.2, 0.25) is 0 Å². The number of ether oxygens (including phenoxy) is 1. The van der Waals surface area contributed by atoms with Gasteiger partial charge in [0, 0.05) is 24.8 Å². The van der Waals surface area contributed by atoms with Crippen molar-refractivity contribution in [3.8, 4) is 5.75 Å².